The number of nitrogens with zero attached hydrogens (tertiary/aromatic N) is 1. The first-order chi connectivity index (χ1) is 9.63. The van der Waals surface area contributed by atoms with Crippen LogP contribution in [-0.2, 0) is 0 Å². The van der Waals surface area contributed by atoms with Crippen molar-refractivity contribution in [3.63, 3.8) is 0 Å². The van der Waals surface area contributed by atoms with Crippen molar-refractivity contribution in [2.45, 2.75) is 31.3 Å². The van der Waals surface area contributed by atoms with Crippen LogP contribution in [0.15, 0.2) is 12.1 Å². The van der Waals surface area contributed by atoms with Crippen LogP contribution in [0.2, 0.25) is 10.2 Å². The minimum Gasteiger partial charge on any atom is -0.348 e. The molecule has 0 radical (unpaired) electrons. The van der Waals surface area contributed by atoms with E-state index in [0.29, 0.717) is 17.0 Å². The predicted octanol–water partition coefficient (Wildman–Crippen LogP) is 1.76. The molecule has 3 N–H and O–H groups in total. The minimum atomic E-state index is -0.250. The Morgan fingerprint density at radius 3 is 3.05 bits per heavy atom. The SMILES string of the molecule is O=C(NC1CCC2NNCC2C1)c1nc(Cl)ccc1Cl. The lowest BCUT2D eigenvalue weighted by Crippen LogP contribution is -2.44. The van der Waals surface area contributed by atoms with Gasteiger partial charge in [0, 0.05) is 18.6 Å². The zero-order valence-corrected chi connectivity index (χ0v) is 12.3. The third-order valence-corrected chi connectivity index (χ3v) is 4.51. The smallest absolute Gasteiger partial charge is 0.271 e. The number of fused-ring (bicyclic) bond motifs is 1. The molecular formula is C13H16Cl2N4O. The number of amides is 1. The molecule has 3 atom stereocenters. The van der Waals surface area contributed by atoms with Crippen LogP contribution in [0.1, 0.15) is 29.8 Å². The molecule has 1 saturated carbocycles. The maximum atomic E-state index is 12.2. The monoisotopic (exact) mass is 314 g/mol. The number of hydrogen-bond acceptors (Lipinski definition) is 4. The van der Waals surface area contributed by atoms with Crippen molar-refractivity contribution in [3.8, 4) is 0 Å². The van der Waals surface area contributed by atoms with Crippen molar-refractivity contribution in [3.05, 3.63) is 28.0 Å². The van der Waals surface area contributed by atoms with Gasteiger partial charge in [0.2, 0.25) is 0 Å². The third kappa shape index (κ3) is 2.91. The Labute approximate surface area is 127 Å². The number of pyridine rings is 1. The summed E-state index contributed by atoms with van der Waals surface area (Å²) in [6, 6.07) is 3.85. The van der Waals surface area contributed by atoms with Crippen LogP contribution >= 0.6 is 23.2 Å². The highest BCUT2D eigenvalue weighted by Gasteiger charge is 2.34. The number of rotatable bonds is 2. The van der Waals surface area contributed by atoms with E-state index in [0.717, 1.165) is 25.8 Å². The van der Waals surface area contributed by atoms with E-state index in [4.69, 9.17) is 23.2 Å². The van der Waals surface area contributed by atoms with Crippen LogP contribution in [0.4, 0.5) is 0 Å². The highest BCUT2D eigenvalue weighted by Crippen LogP contribution is 2.27. The Morgan fingerprint density at radius 2 is 2.20 bits per heavy atom. The number of hydrazine groups is 1. The molecule has 2 fully saturated rings. The second-order valence-electron chi connectivity index (χ2n) is 5.34. The largest absolute Gasteiger partial charge is 0.348 e. The van der Waals surface area contributed by atoms with E-state index in [1.165, 1.54) is 0 Å². The van der Waals surface area contributed by atoms with E-state index >= 15 is 0 Å². The standard InChI is InChI=1S/C13H16Cl2N4O/c14-9-2-4-11(15)18-12(9)13(20)17-8-1-3-10-7(5-8)6-16-19-10/h2,4,7-8,10,16,19H,1,3,5-6H2,(H,17,20). The third-order valence-electron chi connectivity index (χ3n) is 4.00. The lowest BCUT2D eigenvalue weighted by molar-refractivity contribution is 0.0913. The fourth-order valence-electron chi connectivity index (χ4n) is 2.96. The average Bonchev–Trinajstić information content (AvgIpc) is 2.89. The van der Waals surface area contributed by atoms with Crippen LogP contribution < -0.4 is 16.2 Å². The fraction of sp³-hybridized carbons (Fsp3) is 0.538. The Bertz CT molecular complexity index is 525. The van der Waals surface area contributed by atoms with Gasteiger partial charge in [-0.1, -0.05) is 23.2 Å². The molecule has 1 aromatic heterocycles. The van der Waals surface area contributed by atoms with Gasteiger partial charge < -0.3 is 5.32 Å². The van der Waals surface area contributed by atoms with Gasteiger partial charge in [-0.25, -0.2) is 4.98 Å². The van der Waals surface area contributed by atoms with E-state index in [1.54, 1.807) is 12.1 Å². The first-order valence-corrected chi connectivity index (χ1v) is 7.50. The Kier molecular flexibility index (Phi) is 4.12. The van der Waals surface area contributed by atoms with Gasteiger partial charge in [0.05, 0.1) is 5.02 Å². The Morgan fingerprint density at radius 1 is 1.35 bits per heavy atom. The lowest BCUT2D eigenvalue weighted by atomic mass is 9.83. The van der Waals surface area contributed by atoms with Crippen molar-refractivity contribution < 1.29 is 4.79 Å². The zero-order valence-electron chi connectivity index (χ0n) is 10.8. The molecule has 1 aliphatic carbocycles. The maximum Gasteiger partial charge on any atom is 0.271 e. The molecule has 1 saturated heterocycles. The van der Waals surface area contributed by atoms with E-state index in [-0.39, 0.29) is 22.8 Å². The lowest BCUT2D eigenvalue weighted by Gasteiger charge is -2.31. The molecule has 2 heterocycles. The highest BCUT2D eigenvalue weighted by atomic mass is 35.5. The summed E-state index contributed by atoms with van der Waals surface area (Å²) in [4.78, 5) is 16.2. The summed E-state index contributed by atoms with van der Waals surface area (Å²) < 4.78 is 0. The summed E-state index contributed by atoms with van der Waals surface area (Å²) in [6.07, 6.45) is 2.98. The van der Waals surface area contributed by atoms with Crippen LogP contribution in [-0.4, -0.2) is 29.5 Å². The fourth-order valence-corrected chi connectivity index (χ4v) is 3.30. The molecule has 20 heavy (non-hydrogen) atoms. The molecule has 2 aliphatic rings. The first kappa shape index (κ1) is 14.1. The molecule has 3 unspecified atom stereocenters. The van der Waals surface area contributed by atoms with Gasteiger partial charge in [0.25, 0.3) is 5.91 Å². The zero-order chi connectivity index (χ0) is 14.1. The molecule has 5 nitrogen and oxygen atoms in total. The molecule has 7 heteroatoms. The van der Waals surface area contributed by atoms with Crippen molar-refractivity contribution in [2.75, 3.05) is 6.54 Å². The number of halogens is 2. The van der Waals surface area contributed by atoms with E-state index in [2.05, 4.69) is 21.2 Å². The molecule has 0 aromatic carbocycles. The van der Waals surface area contributed by atoms with E-state index < -0.39 is 0 Å². The molecular weight excluding hydrogens is 299 g/mol. The topological polar surface area (TPSA) is 66.1 Å². The second-order valence-corrected chi connectivity index (χ2v) is 6.13. The Hall–Kier alpha value is -0.880. The normalized spacial score (nSPS) is 29.0. The maximum absolute atomic E-state index is 12.2. The number of nitrogens with one attached hydrogen (secondary N) is 3. The molecule has 108 valence electrons. The van der Waals surface area contributed by atoms with Crippen molar-refractivity contribution >= 4 is 29.1 Å². The van der Waals surface area contributed by atoms with Gasteiger partial charge in [-0.2, -0.15) is 0 Å². The van der Waals surface area contributed by atoms with Gasteiger partial charge in [-0.15, -0.1) is 0 Å². The van der Waals surface area contributed by atoms with Crippen molar-refractivity contribution in [1.82, 2.24) is 21.2 Å². The quantitative estimate of drug-likeness (QED) is 0.728. The molecule has 1 aliphatic heterocycles. The summed E-state index contributed by atoms with van der Waals surface area (Å²) in [5.74, 6) is 0.316. The van der Waals surface area contributed by atoms with Crippen LogP contribution in [0.3, 0.4) is 0 Å². The van der Waals surface area contributed by atoms with Crippen molar-refractivity contribution in [2.24, 2.45) is 5.92 Å². The van der Waals surface area contributed by atoms with Gasteiger partial charge in [0.15, 0.2) is 0 Å². The number of hydrogen-bond donors (Lipinski definition) is 3. The van der Waals surface area contributed by atoms with Crippen LogP contribution in [0, 0.1) is 5.92 Å². The van der Waals surface area contributed by atoms with E-state index in [1.807, 2.05) is 0 Å². The highest BCUT2D eigenvalue weighted by molar-refractivity contribution is 6.34. The number of carbonyl (C=O) groups is 1. The van der Waals surface area contributed by atoms with Crippen LogP contribution in [0.5, 0.6) is 0 Å². The number of carbonyl (C=O) groups excluding carboxylic acids is 1. The second kappa shape index (κ2) is 5.85. The van der Waals surface area contributed by atoms with Crippen molar-refractivity contribution in [1.29, 1.82) is 0 Å². The summed E-state index contributed by atoms with van der Waals surface area (Å²) >= 11 is 11.8. The average molecular weight is 315 g/mol. The molecule has 0 spiro atoms. The summed E-state index contributed by atoms with van der Waals surface area (Å²) in [6.45, 7) is 0.952. The molecule has 1 amide bonds. The summed E-state index contributed by atoms with van der Waals surface area (Å²) in [7, 11) is 0. The number of aromatic nitrogens is 1. The predicted molar refractivity (Wildman–Crippen MR) is 77.8 cm³/mol. The van der Waals surface area contributed by atoms with Gasteiger partial charge in [-0.3, -0.25) is 15.6 Å². The summed E-state index contributed by atoms with van der Waals surface area (Å²) in [5, 5.41) is 3.61. The van der Waals surface area contributed by atoms with Gasteiger partial charge in [-0.05, 0) is 37.3 Å². The summed E-state index contributed by atoms with van der Waals surface area (Å²) in [5.41, 5.74) is 6.64. The molecule has 0 bridgehead atoms. The Balaban J connectivity index is 1.65. The van der Waals surface area contributed by atoms with Crippen LogP contribution in [0.25, 0.3) is 0 Å². The van der Waals surface area contributed by atoms with Gasteiger partial charge in [0.1, 0.15) is 10.8 Å². The molecule has 3 rings (SSSR count). The first-order valence-electron chi connectivity index (χ1n) is 6.75. The molecule has 1 aromatic rings. The minimum absolute atomic E-state index is 0.169. The van der Waals surface area contributed by atoms with Gasteiger partial charge >= 0.3 is 0 Å². The van der Waals surface area contributed by atoms with E-state index in [9.17, 15) is 4.79 Å².